The first-order chi connectivity index (χ1) is 16.6. The van der Waals surface area contributed by atoms with Crippen LogP contribution in [0.5, 0.6) is 17.2 Å². The van der Waals surface area contributed by atoms with Gasteiger partial charge in [-0.2, -0.15) is 0 Å². The van der Waals surface area contributed by atoms with Crippen LogP contribution < -0.4 is 14.2 Å². The van der Waals surface area contributed by atoms with Crippen molar-refractivity contribution in [2.24, 2.45) is 0 Å². The number of aryl methyl sites for hydroxylation is 2. The summed E-state index contributed by atoms with van der Waals surface area (Å²) in [6.45, 7) is 10.9. The van der Waals surface area contributed by atoms with Crippen LogP contribution in [0.15, 0.2) is 30.3 Å². The van der Waals surface area contributed by atoms with Gasteiger partial charge in [0.1, 0.15) is 0 Å². The van der Waals surface area contributed by atoms with E-state index in [4.69, 9.17) is 14.2 Å². The zero-order valence-electron chi connectivity index (χ0n) is 20.6. The molecule has 0 unspecified atom stereocenters. The van der Waals surface area contributed by atoms with Crippen molar-refractivity contribution in [3.05, 3.63) is 52.7 Å². The normalized spacial score (nSPS) is 16.9. The number of ether oxygens (including phenoxy) is 3. The Bertz CT molecular complexity index is 1200. The van der Waals surface area contributed by atoms with Gasteiger partial charge in [0.25, 0.3) is 5.91 Å². The monoisotopic (exact) mass is 462 g/mol. The molecule has 0 fully saturated rings. The standard InChI is InChI=1S/C28H34N2O4/c1-5-32-24-16-19(17-25(33-6-2)27(24)34-7-3)28(31)30-14-13-29-22-12-11-18(4)15-21(22)20-9-8-10-23(30)26(20)29/h11-12,15-17,23H,5-10,13-14H2,1-4H3/t23-/m1/s1. The average molecular weight is 463 g/mol. The highest BCUT2D eigenvalue weighted by Gasteiger charge is 2.37. The quantitative estimate of drug-likeness (QED) is 0.453. The molecule has 0 saturated heterocycles. The molecule has 5 rings (SSSR count). The molecule has 2 aromatic carbocycles. The van der Waals surface area contributed by atoms with E-state index in [9.17, 15) is 4.79 Å². The van der Waals surface area contributed by atoms with Crippen LogP contribution >= 0.6 is 0 Å². The van der Waals surface area contributed by atoms with Gasteiger partial charge in [0, 0.05) is 35.2 Å². The number of benzene rings is 2. The van der Waals surface area contributed by atoms with Gasteiger partial charge < -0.3 is 23.7 Å². The number of hydrogen-bond donors (Lipinski definition) is 0. The maximum atomic E-state index is 13.9. The Kier molecular flexibility index (Phi) is 6.15. The summed E-state index contributed by atoms with van der Waals surface area (Å²) in [7, 11) is 0. The summed E-state index contributed by atoms with van der Waals surface area (Å²) >= 11 is 0. The van der Waals surface area contributed by atoms with Crippen molar-refractivity contribution < 1.29 is 19.0 Å². The van der Waals surface area contributed by atoms with Crippen molar-refractivity contribution in [1.82, 2.24) is 9.47 Å². The Hall–Kier alpha value is -3.15. The number of aromatic nitrogens is 1. The van der Waals surface area contributed by atoms with Gasteiger partial charge in [-0.05, 0) is 76.8 Å². The second kappa shape index (κ2) is 9.24. The molecule has 6 nitrogen and oxygen atoms in total. The second-order valence-corrected chi connectivity index (χ2v) is 9.04. The lowest BCUT2D eigenvalue weighted by atomic mass is 9.89. The van der Waals surface area contributed by atoms with E-state index in [0.717, 1.165) is 25.8 Å². The van der Waals surface area contributed by atoms with E-state index >= 15 is 0 Å². The molecule has 2 heterocycles. The van der Waals surface area contributed by atoms with Crippen LogP contribution in [-0.4, -0.2) is 41.7 Å². The molecule has 6 heteroatoms. The Morgan fingerprint density at radius 3 is 2.35 bits per heavy atom. The zero-order chi connectivity index (χ0) is 23.8. The maximum Gasteiger partial charge on any atom is 0.254 e. The third kappa shape index (κ3) is 3.69. The number of fused-ring (bicyclic) bond motifs is 3. The Morgan fingerprint density at radius 1 is 0.971 bits per heavy atom. The molecule has 2 aliphatic rings. The number of hydrogen-bond acceptors (Lipinski definition) is 4. The van der Waals surface area contributed by atoms with Crippen LogP contribution in [0.2, 0.25) is 0 Å². The Balaban J connectivity index is 1.56. The molecule has 0 spiro atoms. The molecule has 1 aromatic heterocycles. The minimum Gasteiger partial charge on any atom is -0.490 e. The lowest BCUT2D eigenvalue weighted by Crippen LogP contribution is -2.43. The van der Waals surface area contributed by atoms with Crippen LogP contribution in [0.3, 0.4) is 0 Å². The summed E-state index contributed by atoms with van der Waals surface area (Å²) < 4.78 is 20.0. The smallest absolute Gasteiger partial charge is 0.254 e. The molecule has 1 aliphatic carbocycles. The molecule has 180 valence electrons. The second-order valence-electron chi connectivity index (χ2n) is 9.04. The van der Waals surface area contributed by atoms with Crippen LogP contribution in [0, 0.1) is 6.92 Å². The van der Waals surface area contributed by atoms with Gasteiger partial charge in [0.05, 0.1) is 25.9 Å². The van der Waals surface area contributed by atoms with E-state index in [2.05, 4.69) is 34.6 Å². The van der Waals surface area contributed by atoms with E-state index in [1.54, 1.807) is 0 Å². The molecule has 3 aromatic rings. The van der Waals surface area contributed by atoms with Gasteiger partial charge in [-0.1, -0.05) is 11.6 Å². The summed E-state index contributed by atoms with van der Waals surface area (Å²) in [5, 5.41) is 1.35. The van der Waals surface area contributed by atoms with Gasteiger partial charge >= 0.3 is 0 Å². The first-order valence-corrected chi connectivity index (χ1v) is 12.6. The molecule has 0 bridgehead atoms. The van der Waals surface area contributed by atoms with E-state index in [1.165, 1.54) is 27.7 Å². The van der Waals surface area contributed by atoms with Gasteiger partial charge in [0.2, 0.25) is 5.75 Å². The number of carbonyl (C=O) groups excluding carboxylic acids is 1. The van der Waals surface area contributed by atoms with Crippen molar-refractivity contribution >= 4 is 16.8 Å². The highest BCUT2D eigenvalue weighted by atomic mass is 16.5. The van der Waals surface area contributed by atoms with Crippen molar-refractivity contribution in [2.45, 2.75) is 59.5 Å². The van der Waals surface area contributed by atoms with Crippen LogP contribution in [0.25, 0.3) is 10.9 Å². The average Bonchev–Trinajstić information content (AvgIpc) is 3.15. The van der Waals surface area contributed by atoms with E-state index < -0.39 is 0 Å². The summed E-state index contributed by atoms with van der Waals surface area (Å²) in [6, 6.07) is 10.5. The van der Waals surface area contributed by atoms with Crippen molar-refractivity contribution in [3.63, 3.8) is 0 Å². The zero-order valence-corrected chi connectivity index (χ0v) is 20.6. The van der Waals surface area contributed by atoms with Gasteiger partial charge in [0.15, 0.2) is 11.5 Å². The van der Waals surface area contributed by atoms with Gasteiger partial charge in [-0.15, -0.1) is 0 Å². The number of carbonyl (C=O) groups is 1. The topological polar surface area (TPSA) is 52.9 Å². The lowest BCUT2D eigenvalue weighted by molar-refractivity contribution is 0.0600. The van der Waals surface area contributed by atoms with Crippen molar-refractivity contribution in [3.8, 4) is 17.2 Å². The molecule has 1 aliphatic heterocycles. The summed E-state index contributed by atoms with van der Waals surface area (Å²) in [5.41, 5.74) is 5.91. The summed E-state index contributed by atoms with van der Waals surface area (Å²) in [4.78, 5) is 16.0. The van der Waals surface area contributed by atoms with Crippen LogP contribution in [0.1, 0.15) is 66.8 Å². The minimum absolute atomic E-state index is 0.0236. The van der Waals surface area contributed by atoms with Crippen molar-refractivity contribution in [1.29, 1.82) is 0 Å². The molecular weight excluding hydrogens is 428 g/mol. The lowest BCUT2D eigenvalue weighted by Gasteiger charge is -2.40. The fourth-order valence-electron chi connectivity index (χ4n) is 5.64. The van der Waals surface area contributed by atoms with Gasteiger partial charge in [-0.3, -0.25) is 4.79 Å². The SMILES string of the molecule is CCOc1cc(C(=O)N2CCn3c4c(c5cc(C)ccc53)CCC[C@H]42)cc(OCC)c1OCC. The predicted octanol–water partition coefficient (Wildman–Crippen LogP) is 5.68. The number of rotatable bonds is 7. The molecule has 0 radical (unpaired) electrons. The first-order valence-electron chi connectivity index (χ1n) is 12.6. The Morgan fingerprint density at radius 2 is 1.68 bits per heavy atom. The minimum atomic E-state index is 0.0236. The van der Waals surface area contributed by atoms with Crippen LogP contribution in [0.4, 0.5) is 0 Å². The fraction of sp³-hybridized carbons (Fsp3) is 0.464. The Labute approximate surface area is 201 Å². The molecular formula is C28H34N2O4. The summed E-state index contributed by atoms with van der Waals surface area (Å²) in [5.74, 6) is 1.71. The predicted molar refractivity (Wildman–Crippen MR) is 133 cm³/mol. The molecule has 0 saturated carbocycles. The van der Waals surface area contributed by atoms with E-state index in [1.807, 2.05) is 32.9 Å². The maximum absolute atomic E-state index is 13.9. The fourth-order valence-corrected chi connectivity index (χ4v) is 5.64. The van der Waals surface area contributed by atoms with Crippen molar-refractivity contribution in [2.75, 3.05) is 26.4 Å². The third-order valence-corrected chi connectivity index (χ3v) is 6.95. The third-order valence-electron chi connectivity index (χ3n) is 6.95. The first kappa shape index (κ1) is 22.6. The molecule has 34 heavy (non-hydrogen) atoms. The summed E-state index contributed by atoms with van der Waals surface area (Å²) in [6.07, 6.45) is 3.15. The molecule has 0 N–H and O–H groups in total. The van der Waals surface area contributed by atoms with Gasteiger partial charge in [-0.25, -0.2) is 0 Å². The molecule has 1 atom stereocenters. The van der Waals surface area contributed by atoms with E-state index in [0.29, 0.717) is 49.2 Å². The number of amides is 1. The molecule has 1 amide bonds. The highest BCUT2D eigenvalue weighted by molar-refractivity contribution is 5.96. The van der Waals surface area contributed by atoms with Crippen LogP contribution in [-0.2, 0) is 13.0 Å². The van der Waals surface area contributed by atoms with E-state index in [-0.39, 0.29) is 11.9 Å². The number of nitrogens with zero attached hydrogens (tertiary/aromatic N) is 2. The highest BCUT2D eigenvalue weighted by Crippen LogP contribution is 2.44. The largest absolute Gasteiger partial charge is 0.490 e.